The first-order chi connectivity index (χ1) is 23.9. The van der Waals surface area contributed by atoms with Gasteiger partial charge in [0.2, 0.25) is 0 Å². The van der Waals surface area contributed by atoms with Crippen LogP contribution in [-0.2, 0) is 40.4 Å². The molecule has 2 heterocycles. The highest BCUT2D eigenvalue weighted by atomic mass is 35.5. The van der Waals surface area contributed by atoms with E-state index in [0.29, 0.717) is 46.7 Å². The molecule has 5 rings (SSSR count). The largest absolute Gasteiger partial charge is 0.444 e. The lowest BCUT2D eigenvalue weighted by atomic mass is 9.88. The number of benzene rings is 2. The molecule has 1 unspecified atom stereocenters. The molecule has 2 aromatic carbocycles. The minimum absolute atomic E-state index is 0.0417. The van der Waals surface area contributed by atoms with Crippen LogP contribution in [0.3, 0.4) is 0 Å². The monoisotopic (exact) mass is 765 g/mol. The molecule has 0 radical (unpaired) electrons. The number of aromatic nitrogens is 3. The Balaban J connectivity index is 1.89. The van der Waals surface area contributed by atoms with Gasteiger partial charge >= 0.3 is 12.3 Å². The van der Waals surface area contributed by atoms with Crippen LogP contribution in [0.15, 0.2) is 30.3 Å². The number of pyridine rings is 1. The number of sulfone groups is 1. The number of nitrogen functional groups attached to an aromatic ring is 1. The average Bonchev–Trinajstić information content (AvgIpc) is 3.58. The van der Waals surface area contributed by atoms with E-state index in [9.17, 15) is 35.2 Å². The van der Waals surface area contributed by atoms with Crippen molar-refractivity contribution in [3.05, 3.63) is 75.1 Å². The summed E-state index contributed by atoms with van der Waals surface area (Å²) in [7, 11) is -3.66. The van der Waals surface area contributed by atoms with Gasteiger partial charge in [-0.2, -0.15) is 18.3 Å². The number of carbonyl (C=O) groups is 1. The van der Waals surface area contributed by atoms with Crippen molar-refractivity contribution in [1.29, 1.82) is 0 Å². The smallest absolute Gasteiger partial charge is 0.408 e. The summed E-state index contributed by atoms with van der Waals surface area (Å²) in [6.45, 7) is 6.27. The molecule has 0 aliphatic heterocycles. The Labute approximate surface area is 303 Å². The molecule has 3 N–H and O–H groups in total. The van der Waals surface area contributed by atoms with Gasteiger partial charge in [0.05, 0.1) is 27.7 Å². The lowest BCUT2D eigenvalue weighted by molar-refractivity contribution is -0.141. The second-order valence-corrected chi connectivity index (χ2v) is 17.2. The summed E-state index contributed by atoms with van der Waals surface area (Å²) in [5.41, 5.74) is 7.24. The summed E-state index contributed by atoms with van der Waals surface area (Å²) in [6.07, 6.45) is -3.41. The zero-order valence-corrected chi connectivity index (χ0v) is 30.8. The van der Waals surface area contributed by atoms with Crippen LogP contribution < -0.4 is 11.1 Å². The van der Waals surface area contributed by atoms with Gasteiger partial charge in [-0.15, -0.1) is 0 Å². The average molecular weight is 766 g/mol. The van der Waals surface area contributed by atoms with E-state index in [0.717, 1.165) is 18.4 Å². The van der Waals surface area contributed by atoms with E-state index in [1.165, 1.54) is 26.0 Å². The van der Waals surface area contributed by atoms with Crippen molar-refractivity contribution < 1.29 is 39.9 Å². The Morgan fingerprint density at radius 3 is 2.31 bits per heavy atom. The van der Waals surface area contributed by atoms with Crippen molar-refractivity contribution >= 4 is 44.3 Å². The summed E-state index contributed by atoms with van der Waals surface area (Å²) in [5.74, 6) is 3.71. The molecule has 1 aliphatic rings. The van der Waals surface area contributed by atoms with Crippen LogP contribution in [0, 0.1) is 23.5 Å². The predicted molar refractivity (Wildman–Crippen MR) is 188 cm³/mol. The van der Waals surface area contributed by atoms with Gasteiger partial charge in [0.15, 0.2) is 15.7 Å². The lowest BCUT2D eigenvalue weighted by Crippen LogP contribution is -2.36. The van der Waals surface area contributed by atoms with Crippen LogP contribution >= 0.6 is 11.6 Å². The van der Waals surface area contributed by atoms with Gasteiger partial charge in [-0.1, -0.05) is 23.6 Å². The Hall–Kier alpha value is -4.42. The molecule has 0 saturated carbocycles. The minimum atomic E-state index is -4.71. The van der Waals surface area contributed by atoms with Crippen molar-refractivity contribution in [3.8, 4) is 23.0 Å². The van der Waals surface area contributed by atoms with E-state index in [1.54, 1.807) is 20.8 Å². The van der Waals surface area contributed by atoms with E-state index >= 15 is 0 Å². The Kier molecular flexibility index (Phi) is 10.3. The van der Waals surface area contributed by atoms with Gasteiger partial charge in [0.25, 0.3) is 0 Å². The summed E-state index contributed by atoms with van der Waals surface area (Å²) in [4.78, 5) is 18.3. The van der Waals surface area contributed by atoms with Crippen LogP contribution in [0.2, 0.25) is 5.02 Å². The first-order valence-electron chi connectivity index (χ1n) is 16.2. The number of anilines is 1. The molecule has 2 aromatic heterocycles. The van der Waals surface area contributed by atoms with E-state index in [4.69, 9.17) is 27.1 Å². The van der Waals surface area contributed by atoms with Gasteiger partial charge in [-0.25, -0.2) is 27.0 Å². The molecule has 0 spiro atoms. The fourth-order valence-electron chi connectivity index (χ4n) is 6.06. The first-order valence-corrected chi connectivity index (χ1v) is 18.5. The number of rotatable bonds is 7. The second kappa shape index (κ2) is 13.9. The van der Waals surface area contributed by atoms with Crippen LogP contribution in [0.4, 0.5) is 32.6 Å². The van der Waals surface area contributed by atoms with E-state index in [1.807, 2.05) is 0 Å². The minimum Gasteiger partial charge on any atom is -0.444 e. The number of alkyl halides is 3. The molecule has 52 heavy (non-hydrogen) atoms. The van der Waals surface area contributed by atoms with E-state index in [-0.39, 0.29) is 50.7 Å². The highest BCUT2D eigenvalue weighted by Gasteiger charge is 2.35. The normalized spacial score (nSPS) is 14.2. The number of fused-ring (bicyclic) bond motifs is 2. The second-order valence-electron chi connectivity index (χ2n) is 14.2. The van der Waals surface area contributed by atoms with Gasteiger partial charge in [0, 0.05) is 23.4 Å². The molecule has 0 fully saturated rings. The zero-order chi connectivity index (χ0) is 38.6. The van der Waals surface area contributed by atoms with Crippen molar-refractivity contribution in [2.75, 3.05) is 12.0 Å². The number of halogens is 6. The van der Waals surface area contributed by atoms with Crippen molar-refractivity contribution in [1.82, 2.24) is 20.1 Å². The molecule has 0 saturated heterocycles. The Bertz CT molecular complexity index is 2230. The summed E-state index contributed by atoms with van der Waals surface area (Å²) >= 11 is 6.50. The topological polar surface area (TPSA) is 129 Å². The molecule has 4 aromatic rings. The number of hydrogen-bond acceptors (Lipinski definition) is 7. The molecule has 1 amide bonds. The fourth-order valence-corrected chi connectivity index (χ4v) is 6.55. The van der Waals surface area contributed by atoms with Crippen molar-refractivity contribution in [2.24, 2.45) is 0 Å². The molecule has 278 valence electrons. The summed E-state index contributed by atoms with van der Waals surface area (Å²) in [5, 5.41) is 6.84. The van der Waals surface area contributed by atoms with Gasteiger partial charge in [-0.3, -0.25) is 4.68 Å². The first kappa shape index (κ1) is 38.8. The standard InChI is InChI=1S/C36H37ClF5N5O4S/c1-34(2,3)51-33(48)45-27(16-19-14-20(38)17-21(39)15-19)30-28(23-9-7-8-22(23)26(44-30)12-13-35(4,5)52(6,49)50)24-10-11-25(37)29-31(24)47(46-32(29)43)18-36(40,41)42/h10-11,14-15,17,27H,7-9,16,18H2,1-6H3,(H2,43,46)(H,45,48). The Morgan fingerprint density at radius 1 is 1.08 bits per heavy atom. The maximum atomic E-state index is 14.5. The number of ether oxygens (including phenoxy) is 1. The molecule has 1 atom stereocenters. The third-order valence-electron chi connectivity index (χ3n) is 8.55. The third-order valence-corrected chi connectivity index (χ3v) is 10.8. The molecule has 1 aliphatic carbocycles. The molecule has 9 nitrogen and oxygen atoms in total. The number of nitrogens with zero attached hydrogens (tertiary/aromatic N) is 3. The SMILES string of the molecule is CC(C)(C)OC(=O)NC(Cc1cc(F)cc(F)c1)c1nc(C#CC(C)(C)S(C)(=O)=O)c2c(c1-c1ccc(Cl)c3c(N)nn(CC(F)(F)F)c13)CCC2. The number of amides is 1. The van der Waals surface area contributed by atoms with Crippen LogP contribution in [-0.4, -0.2) is 52.1 Å². The van der Waals surface area contributed by atoms with Crippen LogP contribution in [0.5, 0.6) is 0 Å². The fraction of sp³-hybridized carbons (Fsp3) is 0.417. The summed E-state index contributed by atoms with van der Waals surface area (Å²) < 4.78 is 101. The molecular weight excluding hydrogens is 729 g/mol. The number of nitrogens with two attached hydrogens (primary N) is 1. The quantitative estimate of drug-likeness (QED) is 0.146. The van der Waals surface area contributed by atoms with Crippen LogP contribution in [0.25, 0.3) is 22.0 Å². The zero-order valence-electron chi connectivity index (χ0n) is 29.2. The van der Waals surface area contributed by atoms with Gasteiger partial charge in [0.1, 0.15) is 34.2 Å². The van der Waals surface area contributed by atoms with E-state index < -0.39 is 56.7 Å². The number of hydrogen-bond donors (Lipinski definition) is 2. The molecule has 0 bridgehead atoms. The highest BCUT2D eigenvalue weighted by molar-refractivity contribution is 7.92. The van der Waals surface area contributed by atoms with Crippen molar-refractivity contribution in [2.45, 2.75) is 89.4 Å². The number of alkyl carbamates (subject to hydrolysis) is 1. The van der Waals surface area contributed by atoms with Gasteiger partial charge in [-0.05, 0) is 101 Å². The maximum Gasteiger partial charge on any atom is 0.408 e. The summed E-state index contributed by atoms with van der Waals surface area (Å²) in [6, 6.07) is 4.59. The number of nitrogens with one attached hydrogen (secondary N) is 1. The lowest BCUT2D eigenvalue weighted by Gasteiger charge is -2.27. The molecular formula is C36H37ClF5N5O4S. The third kappa shape index (κ3) is 8.44. The highest BCUT2D eigenvalue weighted by Crippen LogP contribution is 2.44. The van der Waals surface area contributed by atoms with Gasteiger partial charge < -0.3 is 15.8 Å². The Morgan fingerprint density at radius 2 is 1.71 bits per heavy atom. The number of carbonyl (C=O) groups excluding carboxylic acids is 1. The van der Waals surface area contributed by atoms with Crippen molar-refractivity contribution in [3.63, 3.8) is 0 Å². The predicted octanol–water partition coefficient (Wildman–Crippen LogP) is 7.65. The maximum absolute atomic E-state index is 14.5. The van der Waals surface area contributed by atoms with E-state index in [2.05, 4.69) is 22.3 Å². The molecule has 16 heteroatoms. The van der Waals surface area contributed by atoms with Crippen LogP contribution in [0.1, 0.15) is 75.2 Å².